The van der Waals surface area contributed by atoms with E-state index in [4.69, 9.17) is 26.4 Å². The molecule has 2 atom stereocenters. The van der Waals surface area contributed by atoms with Gasteiger partial charge < -0.3 is 16.4 Å². The average Bonchev–Trinajstić information content (AvgIpc) is 3.13. The Morgan fingerprint density at radius 1 is 1.07 bits per heavy atom. The molecule has 0 spiro atoms. The third-order valence-electron chi connectivity index (χ3n) is 5.74. The summed E-state index contributed by atoms with van der Waals surface area (Å²) in [6, 6.07) is 7.92. The van der Waals surface area contributed by atoms with E-state index in [0.717, 1.165) is 54.2 Å². The number of nitrogens with two attached hydrogens (primary N) is 2. The molecule has 9 nitrogen and oxygen atoms in total. The number of anilines is 1. The van der Waals surface area contributed by atoms with Crippen LogP contribution in [-0.4, -0.2) is 56.0 Å². The van der Waals surface area contributed by atoms with Gasteiger partial charge in [0.15, 0.2) is 0 Å². The van der Waals surface area contributed by atoms with Crippen molar-refractivity contribution in [2.24, 2.45) is 22.8 Å². The number of guanidine groups is 1. The lowest BCUT2D eigenvalue weighted by Crippen LogP contribution is -2.43. The first-order valence-corrected chi connectivity index (χ1v) is 10.2. The molecule has 2 unspecified atom stereocenters. The lowest BCUT2D eigenvalue weighted by atomic mass is 9.92. The van der Waals surface area contributed by atoms with Crippen molar-refractivity contribution in [2.45, 2.75) is 30.8 Å². The topological polar surface area (TPSA) is 124 Å². The van der Waals surface area contributed by atoms with E-state index in [1.165, 1.54) is 0 Å². The monoisotopic (exact) mass is 403 g/mol. The van der Waals surface area contributed by atoms with Crippen molar-refractivity contribution < 1.29 is 0 Å². The number of nitrogens with zero attached hydrogens (tertiary/aromatic N) is 7. The summed E-state index contributed by atoms with van der Waals surface area (Å²) in [6.07, 6.45) is 7.48. The predicted molar refractivity (Wildman–Crippen MR) is 117 cm³/mol. The molecule has 154 valence electrons. The fraction of sp³-hybridized carbons (Fsp3) is 0.381. The molecule has 2 aliphatic heterocycles. The van der Waals surface area contributed by atoms with E-state index in [-0.39, 0.29) is 18.0 Å². The number of likely N-dealkylation sites (tertiary alicyclic amines) is 1. The second kappa shape index (κ2) is 7.49. The summed E-state index contributed by atoms with van der Waals surface area (Å²) in [5, 5.41) is 4.37. The molecule has 1 fully saturated rings. The minimum atomic E-state index is -0.178. The van der Waals surface area contributed by atoms with E-state index in [1.807, 2.05) is 43.7 Å². The number of aryl methyl sites for hydroxylation is 1. The van der Waals surface area contributed by atoms with Crippen LogP contribution in [0.15, 0.2) is 46.6 Å². The number of aliphatic imine (C=N–C) groups is 2. The molecule has 0 radical (unpaired) electrons. The van der Waals surface area contributed by atoms with Gasteiger partial charge in [0.2, 0.25) is 5.96 Å². The average molecular weight is 403 g/mol. The molecule has 3 aromatic rings. The molecule has 30 heavy (non-hydrogen) atoms. The number of hydrogen-bond donors (Lipinski definition) is 2. The Balaban J connectivity index is 1.52. The Morgan fingerprint density at radius 2 is 1.83 bits per heavy atom. The highest BCUT2D eigenvalue weighted by Gasteiger charge is 2.31. The quantitative estimate of drug-likeness (QED) is 0.627. The minimum Gasteiger partial charge on any atom is -0.399 e. The van der Waals surface area contributed by atoms with Crippen molar-refractivity contribution in [2.75, 3.05) is 18.8 Å². The van der Waals surface area contributed by atoms with Crippen LogP contribution in [0.1, 0.15) is 36.2 Å². The van der Waals surface area contributed by atoms with Gasteiger partial charge >= 0.3 is 0 Å². The van der Waals surface area contributed by atoms with Gasteiger partial charge in [-0.1, -0.05) is 12.1 Å². The summed E-state index contributed by atoms with van der Waals surface area (Å²) in [7, 11) is 1.88. The van der Waals surface area contributed by atoms with E-state index >= 15 is 0 Å². The van der Waals surface area contributed by atoms with E-state index < -0.39 is 0 Å². The summed E-state index contributed by atoms with van der Waals surface area (Å²) >= 11 is 0. The molecule has 4 N–H and O–H groups in total. The van der Waals surface area contributed by atoms with Gasteiger partial charge in [0.25, 0.3) is 0 Å². The number of aromatic nitrogens is 4. The Hall–Kier alpha value is -3.33. The van der Waals surface area contributed by atoms with E-state index in [9.17, 15) is 0 Å². The Morgan fingerprint density at radius 3 is 2.60 bits per heavy atom. The molecule has 2 aromatic heterocycles. The van der Waals surface area contributed by atoms with Crippen LogP contribution in [0.4, 0.5) is 5.69 Å². The predicted octanol–water partition coefficient (Wildman–Crippen LogP) is 1.63. The van der Waals surface area contributed by atoms with Gasteiger partial charge in [-0.3, -0.25) is 4.68 Å². The maximum Gasteiger partial charge on any atom is 0.220 e. The highest BCUT2D eigenvalue weighted by atomic mass is 15.3. The third kappa shape index (κ3) is 3.52. The van der Waals surface area contributed by atoms with E-state index in [0.29, 0.717) is 5.82 Å². The molecule has 5 rings (SSSR count). The van der Waals surface area contributed by atoms with Crippen molar-refractivity contribution in [1.82, 2.24) is 24.6 Å². The molecule has 1 aromatic carbocycles. The number of nitrogen functional groups attached to an aromatic ring is 1. The Kier molecular flexibility index (Phi) is 4.66. The summed E-state index contributed by atoms with van der Waals surface area (Å²) in [6.45, 7) is 1.74. The van der Waals surface area contributed by atoms with Crippen LogP contribution in [0, 0.1) is 0 Å². The molecule has 0 saturated carbocycles. The third-order valence-corrected chi connectivity index (χ3v) is 5.74. The normalized spacial score (nSPS) is 22.5. The van der Waals surface area contributed by atoms with Crippen LogP contribution in [-0.2, 0) is 7.05 Å². The first kappa shape index (κ1) is 18.7. The molecule has 2 aliphatic rings. The lowest BCUT2D eigenvalue weighted by molar-refractivity contribution is 0.308. The first-order valence-electron chi connectivity index (χ1n) is 10.2. The maximum atomic E-state index is 6.06. The van der Waals surface area contributed by atoms with Gasteiger partial charge in [-0.15, -0.1) is 0 Å². The summed E-state index contributed by atoms with van der Waals surface area (Å²) in [5.41, 5.74) is 15.3. The molecule has 4 heterocycles. The fourth-order valence-corrected chi connectivity index (χ4v) is 4.02. The fourth-order valence-electron chi connectivity index (χ4n) is 4.02. The largest absolute Gasteiger partial charge is 0.399 e. The summed E-state index contributed by atoms with van der Waals surface area (Å²) < 4.78 is 1.74. The van der Waals surface area contributed by atoms with Crippen LogP contribution in [0.2, 0.25) is 0 Å². The Labute approximate surface area is 174 Å². The molecule has 0 amide bonds. The number of piperidine rings is 1. The second-order valence-electron chi connectivity index (χ2n) is 7.97. The van der Waals surface area contributed by atoms with Crippen LogP contribution in [0.25, 0.3) is 11.0 Å². The number of rotatable bonds is 2. The number of fused-ring (bicyclic) bond motifs is 1. The zero-order chi connectivity index (χ0) is 20.7. The number of hydrogen-bond acceptors (Lipinski definition) is 8. The van der Waals surface area contributed by atoms with Gasteiger partial charge in [0.05, 0.1) is 24.4 Å². The van der Waals surface area contributed by atoms with Gasteiger partial charge in [-0.05, 0) is 30.5 Å². The SMILES string of the molecule is Cn1cc2nc(C3C=NC(N4CCC(N)CC4)=NC3c3ccc(N)cc3)ncc2n1. The van der Waals surface area contributed by atoms with Crippen molar-refractivity contribution in [3.05, 3.63) is 48.0 Å². The van der Waals surface area contributed by atoms with Crippen molar-refractivity contribution in [3.8, 4) is 0 Å². The minimum absolute atomic E-state index is 0.172. The van der Waals surface area contributed by atoms with Crippen LogP contribution < -0.4 is 11.5 Å². The van der Waals surface area contributed by atoms with Gasteiger partial charge in [0.1, 0.15) is 16.9 Å². The Bertz CT molecular complexity index is 1110. The zero-order valence-electron chi connectivity index (χ0n) is 16.9. The second-order valence-corrected chi connectivity index (χ2v) is 7.97. The molecule has 1 saturated heterocycles. The first-order chi connectivity index (χ1) is 14.6. The number of benzene rings is 1. The zero-order valence-corrected chi connectivity index (χ0v) is 16.9. The van der Waals surface area contributed by atoms with Gasteiger partial charge in [-0.2, -0.15) is 5.10 Å². The lowest BCUT2D eigenvalue weighted by Gasteiger charge is -2.34. The van der Waals surface area contributed by atoms with Crippen molar-refractivity contribution >= 4 is 28.9 Å². The van der Waals surface area contributed by atoms with Gasteiger partial charge in [-0.25, -0.2) is 20.0 Å². The summed E-state index contributed by atoms with van der Waals surface area (Å²) in [4.78, 5) is 21.3. The molecule has 0 bridgehead atoms. The standard InChI is InChI=1S/C21H25N9/c1-29-12-18-17(28-29)11-24-20(26-18)16-10-25-21(30-8-6-15(23)7-9-30)27-19(16)13-2-4-14(22)5-3-13/h2-5,10-12,15-16,19H,6-9,22-23H2,1H3. The van der Waals surface area contributed by atoms with Crippen LogP contribution >= 0.6 is 0 Å². The van der Waals surface area contributed by atoms with E-state index in [1.54, 1.807) is 10.9 Å². The van der Waals surface area contributed by atoms with Crippen molar-refractivity contribution in [1.29, 1.82) is 0 Å². The van der Waals surface area contributed by atoms with E-state index in [2.05, 4.69) is 15.0 Å². The molecule has 0 aliphatic carbocycles. The molecule has 9 heteroatoms. The van der Waals surface area contributed by atoms with Gasteiger partial charge in [0, 0.05) is 38.1 Å². The maximum absolute atomic E-state index is 6.06. The summed E-state index contributed by atoms with van der Waals surface area (Å²) in [5.74, 6) is 1.26. The highest BCUT2D eigenvalue weighted by molar-refractivity contribution is 5.92. The smallest absolute Gasteiger partial charge is 0.220 e. The molecular weight excluding hydrogens is 378 g/mol. The highest BCUT2D eigenvalue weighted by Crippen LogP contribution is 2.35. The molecular formula is C21H25N9. The van der Waals surface area contributed by atoms with Crippen LogP contribution in [0.3, 0.4) is 0 Å². The van der Waals surface area contributed by atoms with Crippen LogP contribution in [0.5, 0.6) is 0 Å². The van der Waals surface area contributed by atoms with Crippen molar-refractivity contribution in [3.63, 3.8) is 0 Å².